The average Bonchev–Trinajstić information content (AvgIpc) is 2.29. The van der Waals surface area contributed by atoms with Gasteiger partial charge in [-0.1, -0.05) is 12.1 Å². The van der Waals surface area contributed by atoms with E-state index in [4.69, 9.17) is 10.4 Å². The smallest absolute Gasteiger partial charge is 0.293 e. The van der Waals surface area contributed by atoms with Crippen molar-refractivity contribution in [3.05, 3.63) is 33.9 Å². The average molecular weight is 235 g/mol. The molecule has 2 N–H and O–H groups in total. The number of nitriles is 1. The number of nitro benzene ring substituents is 1. The second-order valence-corrected chi connectivity index (χ2v) is 3.11. The molecule has 1 rings (SSSR count). The summed E-state index contributed by atoms with van der Waals surface area (Å²) in [7, 11) is 0. The molecule has 1 aromatic carbocycles. The molecule has 1 amide bonds. The lowest BCUT2D eigenvalue weighted by molar-refractivity contribution is -0.384. The molecule has 7 nitrogen and oxygen atoms in total. The van der Waals surface area contributed by atoms with Crippen molar-refractivity contribution in [3.63, 3.8) is 0 Å². The van der Waals surface area contributed by atoms with Crippen LogP contribution in [0.4, 0.5) is 11.4 Å². The quantitative estimate of drug-likeness (QED) is 0.595. The van der Waals surface area contributed by atoms with E-state index in [0.29, 0.717) is 0 Å². The highest BCUT2D eigenvalue weighted by atomic mass is 16.6. The van der Waals surface area contributed by atoms with E-state index in [9.17, 15) is 14.9 Å². The third-order valence-corrected chi connectivity index (χ3v) is 2.00. The van der Waals surface area contributed by atoms with Gasteiger partial charge in [-0.05, 0) is 0 Å². The Kier molecular flexibility index (Phi) is 4.14. The zero-order chi connectivity index (χ0) is 12.8. The minimum Gasteiger partial charge on any atom is -0.392 e. The third-order valence-electron chi connectivity index (χ3n) is 2.00. The van der Waals surface area contributed by atoms with Crippen molar-refractivity contribution in [1.29, 1.82) is 5.26 Å². The minimum absolute atomic E-state index is 0.0692. The van der Waals surface area contributed by atoms with Crippen LogP contribution in [0.5, 0.6) is 0 Å². The van der Waals surface area contributed by atoms with Gasteiger partial charge in [-0.2, -0.15) is 5.26 Å². The van der Waals surface area contributed by atoms with Gasteiger partial charge in [0.05, 0.1) is 17.6 Å². The zero-order valence-corrected chi connectivity index (χ0v) is 8.71. The molecule has 0 bridgehead atoms. The lowest BCUT2D eigenvalue weighted by Crippen LogP contribution is -2.13. The lowest BCUT2D eigenvalue weighted by Gasteiger charge is -2.08. The zero-order valence-electron chi connectivity index (χ0n) is 8.71. The molecular weight excluding hydrogens is 226 g/mol. The number of rotatable bonds is 4. The number of nitrogens with zero attached hydrogens (tertiary/aromatic N) is 2. The normalized spacial score (nSPS) is 9.41. The summed E-state index contributed by atoms with van der Waals surface area (Å²) in [6, 6.07) is 5.70. The Morgan fingerprint density at radius 2 is 2.29 bits per heavy atom. The van der Waals surface area contributed by atoms with Gasteiger partial charge < -0.3 is 10.4 Å². The van der Waals surface area contributed by atoms with E-state index >= 15 is 0 Å². The van der Waals surface area contributed by atoms with E-state index in [0.717, 1.165) is 0 Å². The first kappa shape index (κ1) is 12.6. The minimum atomic E-state index is -0.666. The summed E-state index contributed by atoms with van der Waals surface area (Å²) in [6.45, 7) is -0.441. The number of anilines is 1. The maximum Gasteiger partial charge on any atom is 0.293 e. The maximum absolute atomic E-state index is 11.2. The molecule has 0 heterocycles. The summed E-state index contributed by atoms with van der Waals surface area (Å²) in [5.74, 6) is -0.656. The molecule has 88 valence electrons. The summed E-state index contributed by atoms with van der Waals surface area (Å²) in [4.78, 5) is 21.3. The largest absolute Gasteiger partial charge is 0.392 e. The van der Waals surface area contributed by atoms with Gasteiger partial charge in [-0.3, -0.25) is 14.9 Å². The summed E-state index contributed by atoms with van der Waals surface area (Å²) in [6.07, 6.45) is -0.406. The SMILES string of the molecule is N#CCC(=O)Nc1c(CO)cccc1[N+](=O)[O-]. The van der Waals surface area contributed by atoms with Gasteiger partial charge in [0.2, 0.25) is 5.91 Å². The number of carbonyl (C=O) groups excluding carboxylic acids is 1. The summed E-state index contributed by atoms with van der Waals surface area (Å²) >= 11 is 0. The number of para-hydroxylation sites is 1. The molecule has 0 radical (unpaired) electrons. The molecule has 0 aliphatic heterocycles. The van der Waals surface area contributed by atoms with Gasteiger partial charge in [0.15, 0.2) is 0 Å². The Morgan fingerprint density at radius 3 is 2.82 bits per heavy atom. The Balaban J connectivity index is 3.14. The van der Waals surface area contributed by atoms with Gasteiger partial charge in [0.1, 0.15) is 12.1 Å². The lowest BCUT2D eigenvalue weighted by atomic mass is 10.1. The first-order valence-electron chi connectivity index (χ1n) is 4.64. The Morgan fingerprint density at radius 1 is 1.59 bits per heavy atom. The molecule has 17 heavy (non-hydrogen) atoms. The number of aliphatic hydroxyl groups excluding tert-OH is 1. The van der Waals surface area contributed by atoms with E-state index in [2.05, 4.69) is 5.32 Å². The fraction of sp³-hybridized carbons (Fsp3) is 0.200. The van der Waals surface area contributed by atoms with Gasteiger partial charge in [0, 0.05) is 11.6 Å². The number of benzene rings is 1. The van der Waals surface area contributed by atoms with Crippen LogP contribution in [-0.4, -0.2) is 15.9 Å². The molecule has 0 fully saturated rings. The number of amides is 1. The molecule has 0 aromatic heterocycles. The molecule has 0 atom stereocenters. The monoisotopic (exact) mass is 235 g/mol. The Hall–Kier alpha value is -2.46. The second kappa shape index (κ2) is 5.58. The molecule has 0 spiro atoms. The molecule has 7 heteroatoms. The topological polar surface area (TPSA) is 116 Å². The number of nitro groups is 1. The molecule has 0 aliphatic carbocycles. The van der Waals surface area contributed by atoms with E-state index in [1.54, 1.807) is 6.07 Å². The predicted octanol–water partition coefficient (Wildman–Crippen LogP) is 0.939. The van der Waals surface area contributed by atoms with Crippen molar-refractivity contribution in [2.24, 2.45) is 0 Å². The third kappa shape index (κ3) is 2.99. The van der Waals surface area contributed by atoms with Crippen LogP contribution in [0.15, 0.2) is 18.2 Å². The number of carbonyl (C=O) groups is 1. The van der Waals surface area contributed by atoms with E-state index < -0.39 is 23.9 Å². The highest BCUT2D eigenvalue weighted by molar-refractivity contribution is 5.95. The fourth-order valence-electron chi connectivity index (χ4n) is 1.27. The maximum atomic E-state index is 11.2. The second-order valence-electron chi connectivity index (χ2n) is 3.11. The molecule has 0 saturated carbocycles. The van der Waals surface area contributed by atoms with E-state index in [1.165, 1.54) is 18.2 Å². The predicted molar refractivity (Wildman–Crippen MR) is 57.9 cm³/mol. The first-order chi connectivity index (χ1) is 8.10. The standard InChI is InChI=1S/C10H9N3O4/c11-5-4-9(15)12-10-7(6-14)2-1-3-8(10)13(16)17/h1-3,14H,4,6H2,(H,12,15). The van der Waals surface area contributed by atoms with Crippen molar-refractivity contribution in [2.45, 2.75) is 13.0 Å². The molecule has 0 unspecified atom stereocenters. The summed E-state index contributed by atoms with van der Waals surface area (Å²) < 4.78 is 0. The van der Waals surface area contributed by atoms with Gasteiger partial charge in [0.25, 0.3) is 5.69 Å². The van der Waals surface area contributed by atoms with Crippen molar-refractivity contribution in [1.82, 2.24) is 0 Å². The summed E-state index contributed by atoms with van der Waals surface area (Å²) in [5, 5.41) is 30.3. The van der Waals surface area contributed by atoms with Gasteiger partial charge in [-0.15, -0.1) is 0 Å². The first-order valence-corrected chi connectivity index (χ1v) is 4.64. The van der Waals surface area contributed by atoms with E-state index in [-0.39, 0.29) is 16.9 Å². The van der Waals surface area contributed by atoms with Crippen LogP contribution >= 0.6 is 0 Å². The number of hydrogen-bond donors (Lipinski definition) is 2. The molecular formula is C10H9N3O4. The molecule has 1 aromatic rings. The van der Waals surface area contributed by atoms with Crippen molar-refractivity contribution in [2.75, 3.05) is 5.32 Å². The highest BCUT2D eigenvalue weighted by Crippen LogP contribution is 2.28. The van der Waals surface area contributed by atoms with Crippen LogP contribution in [-0.2, 0) is 11.4 Å². The van der Waals surface area contributed by atoms with Crippen LogP contribution in [0.2, 0.25) is 0 Å². The van der Waals surface area contributed by atoms with Crippen LogP contribution < -0.4 is 5.32 Å². The van der Waals surface area contributed by atoms with Crippen LogP contribution in [0.1, 0.15) is 12.0 Å². The van der Waals surface area contributed by atoms with Gasteiger partial charge >= 0.3 is 0 Å². The molecule has 0 aliphatic rings. The van der Waals surface area contributed by atoms with Crippen LogP contribution in [0.3, 0.4) is 0 Å². The number of aliphatic hydroxyl groups is 1. The van der Waals surface area contributed by atoms with Crippen molar-refractivity contribution in [3.8, 4) is 6.07 Å². The van der Waals surface area contributed by atoms with Crippen LogP contribution in [0.25, 0.3) is 0 Å². The van der Waals surface area contributed by atoms with Crippen LogP contribution in [0, 0.1) is 21.4 Å². The highest BCUT2D eigenvalue weighted by Gasteiger charge is 2.18. The Bertz CT molecular complexity index is 493. The summed E-state index contributed by atoms with van der Waals surface area (Å²) in [5.41, 5.74) is -0.159. The fourth-order valence-corrected chi connectivity index (χ4v) is 1.27. The van der Waals surface area contributed by atoms with E-state index in [1.807, 2.05) is 0 Å². The molecule has 0 saturated heterocycles. The number of hydrogen-bond acceptors (Lipinski definition) is 5. The Labute approximate surface area is 96.4 Å². The van der Waals surface area contributed by atoms with Crippen molar-refractivity contribution >= 4 is 17.3 Å². The number of nitrogens with one attached hydrogen (secondary N) is 1. The van der Waals surface area contributed by atoms with Gasteiger partial charge in [-0.25, -0.2) is 0 Å². The van der Waals surface area contributed by atoms with Crippen molar-refractivity contribution < 1.29 is 14.8 Å².